The van der Waals surface area contributed by atoms with Crippen LogP contribution in [0, 0.1) is 12.8 Å². The third kappa shape index (κ3) is 4.32. The normalized spacial score (nSPS) is 20.6. The van der Waals surface area contributed by atoms with Gasteiger partial charge < -0.3 is 15.5 Å². The Morgan fingerprint density at radius 1 is 1.20 bits per heavy atom. The lowest BCUT2D eigenvalue weighted by Crippen LogP contribution is -2.49. The van der Waals surface area contributed by atoms with Gasteiger partial charge in [-0.05, 0) is 63.1 Å². The summed E-state index contributed by atoms with van der Waals surface area (Å²) in [5.74, 6) is 0.833. The number of nitrogens with one attached hydrogen (secondary N) is 2. The zero-order valence-electron chi connectivity index (χ0n) is 18.7. The average Bonchev–Trinajstić information content (AvgIpc) is 2.68. The Labute approximate surface area is 179 Å². The lowest BCUT2D eigenvalue weighted by atomic mass is 9.80. The maximum absolute atomic E-state index is 12.6. The van der Waals surface area contributed by atoms with E-state index in [9.17, 15) is 9.59 Å². The Balaban J connectivity index is 2.10. The molecule has 2 heterocycles. The number of rotatable bonds is 5. The van der Waals surface area contributed by atoms with Crippen LogP contribution in [0.5, 0.6) is 0 Å². The fourth-order valence-corrected chi connectivity index (χ4v) is 4.38. The minimum Gasteiger partial charge on any atom is -0.363 e. The largest absolute Gasteiger partial charge is 0.363 e. The molecule has 1 aromatic carbocycles. The summed E-state index contributed by atoms with van der Waals surface area (Å²) in [5.41, 5.74) is 3.34. The van der Waals surface area contributed by atoms with E-state index < -0.39 is 0 Å². The number of carbonyl (C=O) groups excluding carboxylic acids is 2. The fourth-order valence-electron chi connectivity index (χ4n) is 4.38. The number of aryl methyl sites for hydroxylation is 1. The summed E-state index contributed by atoms with van der Waals surface area (Å²) in [6, 6.07) is 11.6. The van der Waals surface area contributed by atoms with Crippen molar-refractivity contribution in [2.45, 2.75) is 66.1 Å². The molecule has 1 aromatic heterocycles. The first-order valence-electron chi connectivity index (χ1n) is 10.7. The maximum atomic E-state index is 12.6. The summed E-state index contributed by atoms with van der Waals surface area (Å²) < 4.78 is 0. The van der Waals surface area contributed by atoms with Crippen molar-refractivity contribution in [1.82, 2.24) is 10.3 Å². The Bertz CT molecular complexity index is 941. The van der Waals surface area contributed by atoms with Crippen LogP contribution in [0.4, 0.5) is 11.5 Å². The van der Waals surface area contributed by atoms with Crippen LogP contribution in [0.2, 0.25) is 0 Å². The van der Waals surface area contributed by atoms with Crippen LogP contribution in [0.1, 0.15) is 68.7 Å². The second-order valence-electron chi connectivity index (χ2n) is 8.41. The van der Waals surface area contributed by atoms with Crippen LogP contribution >= 0.6 is 0 Å². The molecule has 6 nitrogen and oxygen atoms in total. The summed E-state index contributed by atoms with van der Waals surface area (Å²) in [6.07, 6.45) is 0.842. The van der Waals surface area contributed by atoms with E-state index in [2.05, 4.69) is 29.5 Å². The van der Waals surface area contributed by atoms with Crippen LogP contribution in [0.25, 0.3) is 0 Å². The topological polar surface area (TPSA) is 74.3 Å². The number of nitrogens with zero attached hydrogens (tertiary/aromatic N) is 2. The molecule has 0 saturated carbocycles. The molecule has 160 valence electrons. The maximum Gasteiger partial charge on any atom is 0.251 e. The molecule has 2 amide bonds. The molecule has 6 heteroatoms. The van der Waals surface area contributed by atoms with Crippen molar-refractivity contribution < 1.29 is 9.59 Å². The second-order valence-corrected chi connectivity index (χ2v) is 8.41. The molecule has 0 fully saturated rings. The fraction of sp³-hybridized carbons (Fsp3) is 0.458. The molecule has 2 unspecified atom stereocenters. The predicted molar refractivity (Wildman–Crippen MR) is 121 cm³/mol. The molecule has 1 aliphatic rings. The molecule has 0 radical (unpaired) electrons. The SMILES string of the molecule is CCC1[C@H](C)C(Nc2cccc(C)n2)c2cc(C(=O)NC(C)C)ccc2N1C(C)=O. The predicted octanol–water partition coefficient (Wildman–Crippen LogP) is 4.46. The molecule has 30 heavy (non-hydrogen) atoms. The van der Waals surface area contributed by atoms with E-state index in [1.807, 2.05) is 56.0 Å². The van der Waals surface area contributed by atoms with E-state index in [-0.39, 0.29) is 35.9 Å². The monoisotopic (exact) mass is 408 g/mol. The summed E-state index contributed by atoms with van der Waals surface area (Å²) in [4.78, 5) is 31.7. The Hall–Kier alpha value is -2.89. The molecular formula is C24H32N4O2. The molecule has 1 aliphatic heterocycles. The van der Waals surface area contributed by atoms with Crippen LogP contribution in [0.15, 0.2) is 36.4 Å². The van der Waals surface area contributed by atoms with Crippen molar-refractivity contribution in [3.05, 3.63) is 53.2 Å². The van der Waals surface area contributed by atoms with Crippen molar-refractivity contribution in [3.8, 4) is 0 Å². The number of hydrogen-bond acceptors (Lipinski definition) is 4. The highest BCUT2D eigenvalue weighted by Gasteiger charge is 2.40. The van der Waals surface area contributed by atoms with Crippen LogP contribution in [-0.4, -0.2) is 28.9 Å². The van der Waals surface area contributed by atoms with Gasteiger partial charge in [0.2, 0.25) is 5.91 Å². The number of anilines is 2. The number of fused-ring (bicyclic) bond motifs is 1. The van der Waals surface area contributed by atoms with E-state index in [4.69, 9.17) is 0 Å². The van der Waals surface area contributed by atoms with Gasteiger partial charge in [-0.1, -0.05) is 19.9 Å². The van der Waals surface area contributed by atoms with Crippen molar-refractivity contribution in [1.29, 1.82) is 0 Å². The number of aromatic nitrogens is 1. The van der Waals surface area contributed by atoms with Gasteiger partial charge in [0, 0.05) is 41.9 Å². The number of carbonyl (C=O) groups is 2. The molecule has 2 aromatic rings. The van der Waals surface area contributed by atoms with Crippen molar-refractivity contribution in [3.63, 3.8) is 0 Å². The molecule has 0 aliphatic carbocycles. The van der Waals surface area contributed by atoms with Gasteiger partial charge >= 0.3 is 0 Å². The molecule has 3 atom stereocenters. The van der Waals surface area contributed by atoms with Crippen LogP contribution < -0.4 is 15.5 Å². The van der Waals surface area contributed by atoms with Crippen molar-refractivity contribution >= 4 is 23.3 Å². The molecule has 3 rings (SSSR count). The van der Waals surface area contributed by atoms with Gasteiger partial charge in [0.15, 0.2) is 0 Å². The minimum atomic E-state index is -0.111. The Morgan fingerprint density at radius 3 is 2.53 bits per heavy atom. The molecule has 2 N–H and O–H groups in total. The smallest absolute Gasteiger partial charge is 0.251 e. The third-order valence-electron chi connectivity index (χ3n) is 5.72. The first kappa shape index (κ1) is 21.8. The van der Waals surface area contributed by atoms with Crippen molar-refractivity contribution in [2.24, 2.45) is 5.92 Å². The zero-order chi connectivity index (χ0) is 22.0. The van der Waals surface area contributed by atoms with Crippen LogP contribution in [-0.2, 0) is 4.79 Å². The number of benzene rings is 1. The standard InChI is InChI=1S/C24H32N4O2/c1-7-20-16(5)23(27-22-10-8-9-15(4)26-22)19-13-18(24(30)25-14(2)3)11-12-21(19)28(20)17(6)29/h8-14,16,20,23H,7H2,1-6H3,(H,25,30)(H,26,27)/t16-,20?,23?/m0/s1. The molecule has 0 spiro atoms. The number of hydrogen-bond donors (Lipinski definition) is 2. The lowest BCUT2D eigenvalue weighted by molar-refractivity contribution is -0.117. The first-order valence-corrected chi connectivity index (χ1v) is 10.7. The lowest BCUT2D eigenvalue weighted by Gasteiger charge is -2.45. The van der Waals surface area contributed by atoms with Gasteiger partial charge in [0.05, 0.1) is 6.04 Å². The third-order valence-corrected chi connectivity index (χ3v) is 5.72. The van der Waals surface area contributed by atoms with Gasteiger partial charge in [-0.25, -0.2) is 4.98 Å². The Morgan fingerprint density at radius 2 is 1.93 bits per heavy atom. The zero-order valence-corrected chi connectivity index (χ0v) is 18.7. The highest BCUT2D eigenvalue weighted by molar-refractivity contribution is 5.98. The first-order chi connectivity index (χ1) is 14.2. The number of amides is 2. The molecule has 0 bridgehead atoms. The van der Waals surface area contributed by atoms with E-state index >= 15 is 0 Å². The molecule has 0 saturated heterocycles. The Kier molecular flexibility index (Phi) is 6.44. The summed E-state index contributed by atoms with van der Waals surface area (Å²) in [5, 5.41) is 6.53. The second kappa shape index (κ2) is 8.86. The highest BCUT2D eigenvalue weighted by Crippen LogP contribution is 2.43. The van der Waals surface area contributed by atoms with Crippen LogP contribution in [0.3, 0.4) is 0 Å². The summed E-state index contributed by atoms with van der Waals surface area (Å²) >= 11 is 0. The number of pyridine rings is 1. The van der Waals surface area contributed by atoms with E-state index in [0.29, 0.717) is 5.56 Å². The quantitative estimate of drug-likeness (QED) is 0.766. The van der Waals surface area contributed by atoms with Gasteiger partial charge in [-0.2, -0.15) is 0 Å². The van der Waals surface area contributed by atoms with Gasteiger partial charge in [0.1, 0.15) is 5.82 Å². The van der Waals surface area contributed by atoms with E-state index in [1.165, 1.54) is 0 Å². The van der Waals surface area contributed by atoms with Gasteiger partial charge in [-0.3, -0.25) is 9.59 Å². The highest BCUT2D eigenvalue weighted by atomic mass is 16.2. The minimum absolute atomic E-state index is 0.0152. The van der Waals surface area contributed by atoms with E-state index in [1.54, 1.807) is 13.0 Å². The van der Waals surface area contributed by atoms with Gasteiger partial charge in [-0.15, -0.1) is 0 Å². The van der Waals surface area contributed by atoms with Crippen molar-refractivity contribution in [2.75, 3.05) is 10.2 Å². The summed E-state index contributed by atoms with van der Waals surface area (Å²) in [7, 11) is 0. The summed E-state index contributed by atoms with van der Waals surface area (Å²) in [6.45, 7) is 11.7. The van der Waals surface area contributed by atoms with Gasteiger partial charge in [0.25, 0.3) is 5.91 Å². The average molecular weight is 409 g/mol. The van der Waals surface area contributed by atoms with E-state index in [0.717, 1.165) is 29.2 Å². The molecular weight excluding hydrogens is 376 g/mol.